The fourth-order valence-electron chi connectivity index (χ4n) is 1.97. The highest BCUT2D eigenvalue weighted by Gasteiger charge is 2.30. The lowest BCUT2D eigenvalue weighted by atomic mass is 10.2. The third-order valence-electron chi connectivity index (χ3n) is 3.32. The number of carbonyl (C=O) groups is 1. The van der Waals surface area contributed by atoms with Crippen molar-refractivity contribution in [2.24, 2.45) is 0 Å². The van der Waals surface area contributed by atoms with Crippen LogP contribution in [0.5, 0.6) is 0 Å². The van der Waals surface area contributed by atoms with Gasteiger partial charge in [-0.05, 0) is 37.9 Å². The minimum atomic E-state index is -1.43. The van der Waals surface area contributed by atoms with E-state index in [1.54, 1.807) is 0 Å². The molecule has 0 heterocycles. The number of rotatable bonds is 9. The van der Waals surface area contributed by atoms with Gasteiger partial charge >= 0.3 is 0 Å². The molecule has 2 nitrogen and oxygen atoms in total. The lowest BCUT2D eigenvalue weighted by Crippen LogP contribution is -2.39. The molecule has 0 aliphatic carbocycles. The summed E-state index contributed by atoms with van der Waals surface area (Å²) >= 11 is 0. The van der Waals surface area contributed by atoms with Crippen LogP contribution in [0.25, 0.3) is 0 Å². The summed E-state index contributed by atoms with van der Waals surface area (Å²) in [5.74, 6) is 0. The van der Waals surface area contributed by atoms with Crippen LogP contribution < -0.4 is 0 Å². The second kappa shape index (κ2) is 8.05. The standard InChI is InChI=1S/C12H26O2Si/c1-5-15(6-2,7-3)14-12(4)10-8-9-11-13/h11-12H,5-10H2,1-4H3/t12-/m0/s1. The van der Waals surface area contributed by atoms with Crippen molar-refractivity contribution in [1.29, 1.82) is 0 Å². The van der Waals surface area contributed by atoms with Gasteiger partial charge in [-0.1, -0.05) is 20.8 Å². The summed E-state index contributed by atoms with van der Waals surface area (Å²) < 4.78 is 6.26. The van der Waals surface area contributed by atoms with Crippen LogP contribution in [0, 0.1) is 0 Å². The third kappa shape index (κ3) is 5.47. The molecule has 0 saturated heterocycles. The maximum atomic E-state index is 10.2. The Morgan fingerprint density at radius 1 is 1.20 bits per heavy atom. The zero-order valence-corrected chi connectivity index (χ0v) is 11.7. The fraction of sp³-hybridized carbons (Fsp3) is 0.917. The summed E-state index contributed by atoms with van der Waals surface area (Å²) in [5.41, 5.74) is 0. The molecule has 0 aliphatic rings. The van der Waals surface area contributed by atoms with Gasteiger partial charge in [-0.15, -0.1) is 0 Å². The molecule has 0 aromatic carbocycles. The number of unbranched alkanes of at least 4 members (excludes halogenated alkanes) is 1. The van der Waals surface area contributed by atoms with Crippen molar-refractivity contribution in [3.8, 4) is 0 Å². The molecule has 0 aliphatic heterocycles. The van der Waals surface area contributed by atoms with Crippen molar-refractivity contribution in [2.75, 3.05) is 0 Å². The van der Waals surface area contributed by atoms with E-state index in [0.29, 0.717) is 12.5 Å². The van der Waals surface area contributed by atoms with Crippen LogP contribution in [0.2, 0.25) is 18.1 Å². The molecule has 0 N–H and O–H groups in total. The first-order valence-corrected chi connectivity index (χ1v) is 8.78. The van der Waals surface area contributed by atoms with Crippen LogP contribution in [0.3, 0.4) is 0 Å². The van der Waals surface area contributed by atoms with Gasteiger partial charge in [0.2, 0.25) is 0 Å². The Morgan fingerprint density at radius 2 is 1.73 bits per heavy atom. The number of carbonyl (C=O) groups excluding carboxylic acids is 1. The van der Waals surface area contributed by atoms with Gasteiger partial charge in [0.15, 0.2) is 8.32 Å². The van der Waals surface area contributed by atoms with Crippen LogP contribution in [0.15, 0.2) is 0 Å². The zero-order valence-electron chi connectivity index (χ0n) is 10.7. The molecule has 3 heteroatoms. The number of aldehydes is 1. The third-order valence-corrected chi connectivity index (χ3v) is 8.09. The molecule has 15 heavy (non-hydrogen) atoms. The van der Waals surface area contributed by atoms with E-state index >= 15 is 0 Å². The molecule has 0 spiro atoms. The van der Waals surface area contributed by atoms with E-state index in [4.69, 9.17) is 4.43 Å². The first-order valence-electron chi connectivity index (χ1n) is 6.25. The maximum absolute atomic E-state index is 10.2. The van der Waals surface area contributed by atoms with E-state index in [0.717, 1.165) is 19.1 Å². The van der Waals surface area contributed by atoms with Crippen molar-refractivity contribution < 1.29 is 9.22 Å². The largest absolute Gasteiger partial charge is 0.414 e. The van der Waals surface area contributed by atoms with Gasteiger partial charge in [0.25, 0.3) is 0 Å². The van der Waals surface area contributed by atoms with Gasteiger partial charge < -0.3 is 9.22 Å². The van der Waals surface area contributed by atoms with Gasteiger partial charge in [0.1, 0.15) is 6.29 Å². The van der Waals surface area contributed by atoms with E-state index in [2.05, 4.69) is 27.7 Å². The second-order valence-electron chi connectivity index (χ2n) is 4.27. The summed E-state index contributed by atoms with van der Waals surface area (Å²) in [4.78, 5) is 10.2. The number of hydrogen-bond acceptors (Lipinski definition) is 2. The first-order chi connectivity index (χ1) is 7.14. The molecular weight excluding hydrogens is 204 g/mol. The van der Waals surface area contributed by atoms with E-state index in [9.17, 15) is 4.79 Å². The van der Waals surface area contributed by atoms with E-state index in [-0.39, 0.29) is 0 Å². The Hall–Kier alpha value is -0.153. The molecule has 0 amide bonds. The SMILES string of the molecule is CC[Si](CC)(CC)O[C@@H](C)CCCC=O. The minimum Gasteiger partial charge on any atom is -0.414 e. The quantitative estimate of drug-likeness (QED) is 0.342. The molecule has 90 valence electrons. The normalized spacial score (nSPS) is 13.9. The van der Waals surface area contributed by atoms with E-state index in [1.165, 1.54) is 18.1 Å². The van der Waals surface area contributed by atoms with Crippen LogP contribution in [0.4, 0.5) is 0 Å². The molecule has 1 atom stereocenters. The van der Waals surface area contributed by atoms with Crippen molar-refractivity contribution in [3.05, 3.63) is 0 Å². The van der Waals surface area contributed by atoms with Gasteiger partial charge in [-0.3, -0.25) is 0 Å². The molecule has 0 aromatic heterocycles. The molecule has 0 unspecified atom stereocenters. The van der Waals surface area contributed by atoms with Crippen molar-refractivity contribution in [3.63, 3.8) is 0 Å². The maximum Gasteiger partial charge on any atom is 0.192 e. The highest BCUT2D eigenvalue weighted by atomic mass is 28.4. The molecule has 0 rings (SSSR count). The summed E-state index contributed by atoms with van der Waals surface area (Å²) in [7, 11) is -1.43. The van der Waals surface area contributed by atoms with Crippen LogP contribution >= 0.6 is 0 Å². The number of hydrogen-bond donors (Lipinski definition) is 0. The molecule has 0 fully saturated rings. The minimum absolute atomic E-state index is 0.330. The van der Waals surface area contributed by atoms with Crippen LogP contribution in [-0.4, -0.2) is 20.7 Å². The van der Waals surface area contributed by atoms with E-state index < -0.39 is 8.32 Å². The lowest BCUT2D eigenvalue weighted by Gasteiger charge is -2.31. The molecule has 0 aromatic rings. The average molecular weight is 230 g/mol. The Morgan fingerprint density at radius 3 is 2.13 bits per heavy atom. The van der Waals surface area contributed by atoms with Gasteiger partial charge in [0, 0.05) is 12.5 Å². The Kier molecular flexibility index (Phi) is 7.97. The van der Waals surface area contributed by atoms with Crippen LogP contribution in [-0.2, 0) is 9.22 Å². The fourth-order valence-corrected chi connectivity index (χ4v) is 4.95. The lowest BCUT2D eigenvalue weighted by molar-refractivity contribution is -0.108. The van der Waals surface area contributed by atoms with Gasteiger partial charge in [-0.2, -0.15) is 0 Å². The van der Waals surface area contributed by atoms with Gasteiger partial charge in [-0.25, -0.2) is 0 Å². The molecule has 0 radical (unpaired) electrons. The topological polar surface area (TPSA) is 26.3 Å². The molecular formula is C12H26O2Si. The summed E-state index contributed by atoms with van der Waals surface area (Å²) in [6, 6.07) is 3.62. The average Bonchev–Trinajstić information content (AvgIpc) is 2.26. The Balaban J connectivity index is 3.99. The Bertz CT molecular complexity index is 159. The van der Waals surface area contributed by atoms with Crippen molar-refractivity contribution in [1.82, 2.24) is 0 Å². The summed E-state index contributed by atoms with van der Waals surface area (Å²) in [6.07, 6.45) is 3.99. The van der Waals surface area contributed by atoms with Crippen LogP contribution in [0.1, 0.15) is 47.0 Å². The summed E-state index contributed by atoms with van der Waals surface area (Å²) in [6.45, 7) is 8.89. The van der Waals surface area contributed by atoms with Crippen molar-refractivity contribution in [2.45, 2.75) is 71.2 Å². The monoisotopic (exact) mass is 230 g/mol. The first kappa shape index (κ1) is 14.8. The predicted octanol–water partition coefficient (Wildman–Crippen LogP) is 3.77. The Labute approximate surface area is 95.5 Å². The van der Waals surface area contributed by atoms with E-state index in [1.807, 2.05) is 0 Å². The molecule has 0 saturated carbocycles. The highest BCUT2D eigenvalue weighted by Crippen LogP contribution is 2.24. The van der Waals surface area contributed by atoms with Crippen molar-refractivity contribution >= 4 is 14.6 Å². The molecule has 0 bridgehead atoms. The summed E-state index contributed by atoms with van der Waals surface area (Å²) in [5, 5.41) is 0. The second-order valence-corrected chi connectivity index (χ2v) is 8.99. The smallest absolute Gasteiger partial charge is 0.192 e. The zero-order chi connectivity index (χ0) is 11.7. The highest BCUT2D eigenvalue weighted by molar-refractivity contribution is 6.73. The van der Waals surface area contributed by atoms with Gasteiger partial charge in [0.05, 0.1) is 0 Å². The predicted molar refractivity (Wildman–Crippen MR) is 67.7 cm³/mol.